The molecule has 7 nitrogen and oxygen atoms in total. The Morgan fingerprint density at radius 1 is 1.09 bits per heavy atom. The highest BCUT2D eigenvalue weighted by Crippen LogP contribution is 2.34. The number of benzene rings is 1. The molecule has 0 radical (unpaired) electrons. The van der Waals surface area contributed by atoms with E-state index in [-0.39, 0.29) is 5.56 Å². The maximum Gasteiger partial charge on any atom is 0.523 e. The van der Waals surface area contributed by atoms with Gasteiger partial charge in [0.05, 0.1) is 6.26 Å². The summed E-state index contributed by atoms with van der Waals surface area (Å²) in [4.78, 5) is 12.0. The number of rotatable bonds is 5. The lowest BCUT2D eigenvalue weighted by Gasteiger charge is -2.28. The van der Waals surface area contributed by atoms with Crippen molar-refractivity contribution in [1.82, 2.24) is 4.72 Å². The molecule has 1 amide bonds. The van der Waals surface area contributed by atoms with Crippen LogP contribution in [0.4, 0.5) is 13.2 Å². The van der Waals surface area contributed by atoms with E-state index in [2.05, 4.69) is 4.18 Å². The number of alkyl halides is 3. The van der Waals surface area contributed by atoms with Gasteiger partial charge in [-0.25, -0.2) is 12.6 Å². The van der Waals surface area contributed by atoms with Crippen molar-refractivity contribution in [2.75, 3.05) is 6.26 Å². The Hall–Kier alpha value is -1.66. The van der Waals surface area contributed by atoms with Crippen LogP contribution in [0.5, 0.6) is 0 Å². The summed E-state index contributed by atoms with van der Waals surface area (Å²) in [5.74, 6) is -1.58. The molecule has 0 saturated carbocycles. The number of carbonyl (C=O) groups excluding carboxylic acids is 1. The van der Waals surface area contributed by atoms with Gasteiger partial charge in [0.15, 0.2) is 5.60 Å². The molecular weight excluding hydrogens is 363 g/mol. The van der Waals surface area contributed by atoms with E-state index in [1.54, 1.807) is 0 Å². The molecule has 1 unspecified atom stereocenters. The molecule has 0 saturated heterocycles. The van der Waals surface area contributed by atoms with Crippen LogP contribution in [0.3, 0.4) is 0 Å². The number of nitrogens with one attached hydrogen (secondary N) is 1. The molecule has 12 heteroatoms. The third kappa shape index (κ3) is 4.65. The minimum atomic E-state index is -6.16. The molecule has 1 N–H and O–H groups in total. The maximum absolute atomic E-state index is 12.5. The molecule has 1 atom stereocenters. The lowest BCUT2D eigenvalue weighted by Crippen LogP contribution is -2.48. The molecule has 0 aliphatic carbocycles. The highest BCUT2D eigenvalue weighted by Gasteiger charge is 2.53. The SMILES string of the molecule is CC(OS(=O)(=O)C(F)(F)F)(C(=O)NS(C)(=O)=O)c1ccccc1. The normalized spacial score (nSPS) is 15.7. The molecule has 1 aromatic rings. The van der Waals surface area contributed by atoms with E-state index in [9.17, 15) is 34.8 Å². The van der Waals surface area contributed by atoms with Crippen molar-refractivity contribution in [1.29, 1.82) is 0 Å². The number of hydrogen-bond acceptors (Lipinski definition) is 6. The first-order valence-corrected chi connectivity index (χ1v) is 9.09. The lowest BCUT2D eigenvalue weighted by molar-refractivity contribution is -0.135. The van der Waals surface area contributed by atoms with Crippen molar-refractivity contribution in [3.8, 4) is 0 Å². The van der Waals surface area contributed by atoms with Crippen LogP contribution in [0.25, 0.3) is 0 Å². The first-order valence-electron chi connectivity index (χ1n) is 5.79. The Bertz CT molecular complexity index is 789. The van der Waals surface area contributed by atoms with Crippen molar-refractivity contribution >= 4 is 26.0 Å². The summed E-state index contributed by atoms with van der Waals surface area (Å²) >= 11 is 0. The molecule has 0 aliphatic rings. The van der Waals surface area contributed by atoms with E-state index in [0.717, 1.165) is 12.1 Å². The second kappa shape index (κ2) is 6.09. The number of hydrogen-bond donors (Lipinski definition) is 1. The summed E-state index contributed by atoms with van der Waals surface area (Å²) < 4.78 is 87.7. The number of sulfonamides is 1. The highest BCUT2D eigenvalue weighted by molar-refractivity contribution is 7.89. The minimum absolute atomic E-state index is 0.283. The molecular formula is C11H12F3NO6S2. The van der Waals surface area contributed by atoms with E-state index in [4.69, 9.17) is 0 Å². The Morgan fingerprint density at radius 2 is 1.57 bits per heavy atom. The first kappa shape index (κ1) is 19.4. The molecule has 1 aromatic carbocycles. The van der Waals surface area contributed by atoms with Crippen LogP contribution in [0.1, 0.15) is 12.5 Å². The van der Waals surface area contributed by atoms with Crippen molar-refractivity contribution in [3.05, 3.63) is 35.9 Å². The van der Waals surface area contributed by atoms with Crippen LogP contribution >= 0.6 is 0 Å². The molecule has 0 fully saturated rings. The summed E-state index contributed by atoms with van der Waals surface area (Å²) in [6.45, 7) is 0.714. The molecule has 0 spiro atoms. The van der Waals surface area contributed by atoms with E-state index < -0.39 is 37.2 Å². The molecule has 1 rings (SSSR count). The predicted octanol–water partition coefficient (Wildman–Crippen LogP) is 0.844. The van der Waals surface area contributed by atoms with Crippen LogP contribution in [0, 0.1) is 0 Å². The second-order valence-corrected chi connectivity index (χ2v) is 7.87. The van der Waals surface area contributed by atoms with Gasteiger partial charge in [-0.1, -0.05) is 30.3 Å². The highest BCUT2D eigenvalue weighted by atomic mass is 32.2. The molecule has 0 heterocycles. The van der Waals surface area contributed by atoms with Crippen molar-refractivity contribution < 1.29 is 39.0 Å². The Balaban J connectivity index is 3.43. The Morgan fingerprint density at radius 3 is 1.96 bits per heavy atom. The van der Waals surface area contributed by atoms with Crippen LogP contribution in [-0.2, 0) is 34.7 Å². The number of carbonyl (C=O) groups is 1. The third-order valence-electron chi connectivity index (χ3n) is 2.60. The zero-order valence-electron chi connectivity index (χ0n) is 11.8. The smallest absolute Gasteiger partial charge is 0.270 e. The van der Waals surface area contributed by atoms with E-state index in [0.29, 0.717) is 13.2 Å². The van der Waals surface area contributed by atoms with Crippen LogP contribution in [0.15, 0.2) is 30.3 Å². The van der Waals surface area contributed by atoms with E-state index in [1.807, 2.05) is 0 Å². The maximum atomic E-state index is 12.5. The summed E-state index contributed by atoms with van der Waals surface area (Å²) in [6, 6.07) is 6.31. The Labute approximate surface area is 130 Å². The predicted molar refractivity (Wildman–Crippen MR) is 72.8 cm³/mol. The van der Waals surface area contributed by atoms with Crippen LogP contribution < -0.4 is 4.72 Å². The Kier molecular flexibility index (Phi) is 5.13. The van der Waals surface area contributed by atoms with Crippen molar-refractivity contribution in [2.45, 2.75) is 18.0 Å². The molecule has 0 aliphatic heterocycles. The summed E-state index contributed by atoms with van der Waals surface area (Å²) in [5.41, 5.74) is -8.80. The first-order chi connectivity index (χ1) is 10.2. The molecule has 130 valence electrons. The largest absolute Gasteiger partial charge is 0.523 e. The topological polar surface area (TPSA) is 107 Å². The zero-order valence-corrected chi connectivity index (χ0v) is 13.4. The molecule has 0 aromatic heterocycles. The second-order valence-electron chi connectivity index (χ2n) is 4.59. The van der Waals surface area contributed by atoms with Crippen LogP contribution in [-0.4, -0.2) is 34.5 Å². The summed E-state index contributed by atoms with van der Waals surface area (Å²) in [6.07, 6.45) is 0.578. The minimum Gasteiger partial charge on any atom is -0.270 e. The average Bonchev–Trinajstić information content (AvgIpc) is 2.35. The van der Waals surface area contributed by atoms with E-state index in [1.165, 1.54) is 22.9 Å². The van der Waals surface area contributed by atoms with Gasteiger partial charge in [-0.3, -0.25) is 9.52 Å². The quantitative estimate of drug-likeness (QED) is 0.604. The fourth-order valence-electron chi connectivity index (χ4n) is 1.51. The van der Waals surface area contributed by atoms with Gasteiger partial charge in [-0.05, 0) is 12.5 Å². The summed E-state index contributed by atoms with van der Waals surface area (Å²) in [5, 5.41) is 0. The van der Waals surface area contributed by atoms with Gasteiger partial charge in [0, 0.05) is 0 Å². The van der Waals surface area contributed by atoms with Crippen molar-refractivity contribution in [2.24, 2.45) is 0 Å². The fourth-order valence-corrected chi connectivity index (χ4v) is 2.74. The fraction of sp³-hybridized carbons (Fsp3) is 0.364. The standard InChI is InChI=1S/C11H12F3NO6S2/c1-10(8-6-4-3-5-7-8,9(16)15-22(2,17)18)21-23(19,20)11(12,13)14/h3-7H,1-2H3,(H,15,16). The monoisotopic (exact) mass is 375 g/mol. The van der Waals surface area contributed by atoms with Gasteiger partial charge < -0.3 is 0 Å². The van der Waals surface area contributed by atoms with Crippen LogP contribution in [0.2, 0.25) is 0 Å². The number of amides is 1. The van der Waals surface area contributed by atoms with Gasteiger partial charge in [0.1, 0.15) is 0 Å². The van der Waals surface area contributed by atoms with Gasteiger partial charge in [0.2, 0.25) is 10.0 Å². The zero-order chi connectivity index (χ0) is 18.1. The van der Waals surface area contributed by atoms with Gasteiger partial charge in [-0.15, -0.1) is 0 Å². The average molecular weight is 375 g/mol. The molecule has 23 heavy (non-hydrogen) atoms. The van der Waals surface area contributed by atoms with Gasteiger partial charge in [0.25, 0.3) is 5.91 Å². The van der Waals surface area contributed by atoms with Gasteiger partial charge >= 0.3 is 15.6 Å². The van der Waals surface area contributed by atoms with Gasteiger partial charge in [-0.2, -0.15) is 21.6 Å². The third-order valence-corrected chi connectivity index (χ3v) is 4.27. The number of halogens is 3. The lowest BCUT2D eigenvalue weighted by atomic mass is 9.96. The van der Waals surface area contributed by atoms with Crippen molar-refractivity contribution in [3.63, 3.8) is 0 Å². The summed E-state index contributed by atoms with van der Waals surface area (Å²) in [7, 11) is -10.3. The van der Waals surface area contributed by atoms with E-state index >= 15 is 0 Å². The molecule has 0 bridgehead atoms.